The lowest BCUT2D eigenvalue weighted by atomic mass is 9.89. The van der Waals surface area contributed by atoms with Crippen LogP contribution in [0.5, 0.6) is 5.75 Å². The van der Waals surface area contributed by atoms with Gasteiger partial charge in [0.2, 0.25) is 0 Å². The SMILES string of the molecule is CNCC(Cc1cccc(O)c1)C(C)C. The standard InChI is InChI=1S/C13H21NO/c1-10(2)12(9-14-3)7-11-5-4-6-13(15)8-11/h4-6,8,10,12,14-15H,7,9H2,1-3H3. The summed E-state index contributed by atoms with van der Waals surface area (Å²) in [4.78, 5) is 0. The van der Waals surface area contributed by atoms with Crippen molar-refractivity contribution in [3.05, 3.63) is 29.8 Å². The molecule has 1 atom stereocenters. The Kier molecular flexibility index (Phi) is 4.63. The molecule has 1 aromatic carbocycles. The fourth-order valence-electron chi connectivity index (χ4n) is 1.79. The Morgan fingerprint density at radius 2 is 2.07 bits per heavy atom. The Labute approximate surface area is 92.3 Å². The van der Waals surface area contributed by atoms with E-state index < -0.39 is 0 Å². The maximum atomic E-state index is 9.38. The summed E-state index contributed by atoms with van der Waals surface area (Å²) >= 11 is 0. The number of phenols is 1. The molecule has 0 amide bonds. The van der Waals surface area contributed by atoms with Gasteiger partial charge in [0.1, 0.15) is 5.75 Å². The molecule has 2 N–H and O–H groups in total. The van der Waals surface area contributed by atoms with Crippen molar-refractivity contribution < 1.29 is 5.11 Å². The van der Waals surface area contributed by atoms with Gasteiger partial charge in [-0.25, -0.2) is 0 Å². The van der Waals surface area contributed by atoms with Crippen LogP contribution in [0.1, 0.15) is 19.4 Å². The van der Waals surface area contributed by atoms with Crippen LogP contribution in [0.15, 0.2) is 24.3 Å². The molecule has 2 heteroatoms. The lowest BCUT2D eigenvalue weighted by Crippen LogP contribution is -2.25. The molecule has 84 valence electrons. The molecule has 2 nitrogen and oxygen atoms in total. The van der Waals surface area contributed by atoms with E-state index >= 15 is 0 Å². The average Bonchev–Trinajstić information content (AvgIpc) is 2.17. The van der Waals surface area contributed by atoms with Gasteiger partial charge in [-0.2, -0.15) is 0 Å². The first-order valence-corrected chi connectivity index (χ1v) is 5.56. The van der Waals surface area contributed by atoms with Crippen molar-refractivity contribution in [3.63, 3.8) is 0 Å². The van der Waals surface area contributed by atoms with E-state index in [1.807, 2.05) is 19.2 Å². The van der Waals surface area contributed by atoms with Crippen molar-refractivity contribution in [2.24, 2.45) is 11.8 Å². The highest BCUT2D eigenvalue weighted by Gasteiger charge is 2.13. The van der Waals surface area contributed by atoms with Crippen LogP contribution >= 0.6 is 0 Å². The Balaban J connectivity index is 2.65. The van der Waals surface area contributed by atoms with Crippen molar-refractivity contribution in [1.82, 2.24) is 5.32 Å². The molecule has 0 spiro atoms. The third kappa shape index (κ3) is 3.92. The quantitative estimate of drug-likeness (QED) is 0.777. The Morgan fingerprint density at radius 3 is 2.60 bits per heavy atom. The zero-order chi connectivity index (χ0) is 11.3. The average molecular weight is 207 g/mol. The van der Waals surface area contributed by atoms with E-state index in [1.54, 1.807) is 6.07 Å². The molecule has 0 saturated heterocycles. The first-order valence-electron chi connectivity index (χ1n) is 5.56. The second-order valence-electron chi connectivity index (χ2n) is 4.44. The van der Waals surface area contributed by atoms with Gasteiger partial charge in [0, 0.05) is 0 Å². The first kappa shape index (κ1) is 12.1. The molecule has 15 heavy (non-hydrogen) atoms. The largest absolute Gasteiger partial charge is 0.508 e. The lowest BCUT2D eigenvalue weighted by Gasteiger charge is -2.20. The second-order valence-corrected chi connectivity index (χ2v) is 4.44. The van der Waals surface area contributed by atoms with Crippen LogP contribution in [-0.2, 0) is 6.42 Å². The third-order valence-electron chi connectivity index (χ3n) is 2.82. The maximum absolute atomic E-state index is 9.38. The summed E-state index contributed by atoms with van der Waals surface area (Å²) in [7, 11) is 1.98. The highest BCUT2D eigenvalue weighted by atomic mass is 16.3. The van der Waals surface area contributed by atoms with Gasteiger partial charge >= 0.3 is 0 Å². The van der Waals surface area contributed by atoms with E-state index in [1.165, 1.54) is 5.56 Å². The zero-order valence-electron chi connectivity index (χ0n) is 9.83. The van der Waals surface area contributed by atoms with Gasteiger partial charge < -0.3 is 10.4 Å². The summed E-state index contributed by atoms with van der Waals surface area (Å²) < 4.78 is 0. The fraction of sp³-hybridized carbons (Fsp3) is 0.538. The zero-order valence-corrected chi connectivity index (χ0v) is 9.83. The molecule has 0 saturated carbocycles. The molecule has 0 bridgehead atoms. The molecule has 0 aromatic heterocycles. The van der Waals surface area contributed by atoms with E-state index in [0.717, 1.165) is 13.0 Å². The van der Waals surface area contributed by atoms with E-state index in [0.29, 0.717) is 17.6 Å². The highest BCUT2D eigenvalue weighted by Crippen LogP contribution is 2.19. The number of benzene rings is 1. The number of nitrogens with one attached hydrogen (secondary N) is 1. The van der Waals surface area contributed by atoms with Crippen molar-refractivity contribution in [2.45, 2.75) is 20.3 Å². The summed E-state index contributed by atoms with van der Waals surface area (Å²) in [5, 5.41) is 12.6. The summed E-state index contributed by atoms with van der Waals surface area (Å²) in [6.07, 6.45) is 1.02. The summed E-state index contributed by atoms with van der Waals surface area (Å²) in [5.74, 6) is 1.64. The van der Waals surface area contributed by atoms with Gasteiger partial charge in [-0.1, -0.05) is 26.0 Å². The van der Waals surface area contributed by atoms with E-state index in [2.05, 4.69) is 25.2 Å². The normalized spacial score (nSPS) is 13.1. The summed E-state index contributed by atoms with van der Waals surface area (Å²) in [5.41, 5.74) is 1.21. The van der Waals surface area contributed by atoms with Gasteiger partial charge in [0.25, 0.3) is 0 Å². The number of hydrogen-bond acceptors (Lipinski definition) is 2. The van der Waals surface area contributed by atoms with Gasteiger partial charge in [0.15, 0.2) is 0 Å². The fourth-order valence-corrected chi connectivity index (χ4v) is 1.79. The topological polar surface area (TPSA) is 32.3 Å². The van der Waals surface area contributed by atoms with Crippen molar-refractivity contribution in [1.29, 1.82) is 0 Å². The van der Waals surface area contributed by atoms with Crippen LogP contribution in [0, 0.1) is 11.8 Å². The molecule has 0 radical (unpaired) electrons. The minimum atomic E-state index is 0.361. The van der Waals surface area contributed by atoms with Crippen molar-refractivity contribution in [2.75, 3.05) is 13.6 Å². The predicted octanol–water partition coefficient (Wildman–Crippen LogP) is 2.43. The molecular weight excluding hydrogens is 186 g/mol. The summed E-state index contributed by atoms with van der Waals surface area (Å²) in [6.45, 7) is 5.50. The van der Waals surface area contributed by atoms with Crippen molar-refractivity contribution >= 4 is 0 Å². The molecule has 1 rings (SSSR count). The number of phenolic OH excluding ortho intramolecular Hbond substituents is 1. The molecule has 0 aliphatic carbocycles. The Hall–Kier alpha value is -1.02. The Bertz CT molecular complexity index is 296. The number of rotatable bonds is 5. The Morgan fingerprint density at radius 1 is 1.33 bits per heavy atom. The van der Waals surface area contributed by atoms with Crippen LogP contribution in [0.25, 0.3) is 0 Å². The van der Waals surface area contributed by atoms with E-state index in [9.17, 15) is 5.11 Å². The molecular formula is C13H21NO. The number of aromatic hydroxyl groups is 1. The van der Waals surface area contributed by atoms with E-state index in [-0.39, 0.29) is 0 Å². The molecule has 0 heterocycles. The minimum absolute atomic E-state index is 0.361. The molecule has 0 fully saturated rings. The van der Waals surface area contributed by atoms with Crippen molar-refractivity contribution in [3.8, 4) is 5.75 Å². The van der Waals surface area contributed by atoms with Crippen LogP contribution in [0.3, 0.4) is 0 Å². The molecule has 1 unspecified atom stereocenters. The molecule has 0 aliphatic heterocycles. The number of hydrogen-bond donors (Lipinski definition) is 2. The molecule has 1 aromatic rings. The van der Waals surface area contributed by atoms with Crippen LogP contribution in [0.2, 0.25) is 0 Å². The van der Waals surface area contributed by atoms with Gasteiger partial charge in [-0.15, -0.1) is 0 Å². The second kappa shape index (κ2) is 5.76. The maximum Gasteiger partial charge on any atom is 0.115 e. The van der Waals surface area contributed by atoms with E-state index in [4.69, 9.17) is 0 Å². The minimum Gasteiger partial charge on any atom is -0.508 e. The molecule has 0 aliphatic rings. The first-order chi connectivity index (χ1) is 7.13. The highest BCUT2D eigenvalue weighted by molar-refractivity contribution is 5.27. The smallest absolute Gasteiger partial charge is 0.115 e. The van der Waals surface area contributed by atoms with Gasteiger partial charge in [0.05, 0.1) is 0 Å². The van der Waals surface area contributed by atoms with Crippen LogP contribution in [-0.4, -0.2) is 18.7 Å². The van der Waals surface area contributed by atoms with Gasteiger partial charge in [-0.05, 0) is 49.5 Å². The van der Waals surface area contributed by atoms with Gasteiger partial charge in [-0.3, -0.25) is 0 Å². The monoisotopic (exact) mass is 207 g/mol. The predicted molar refractivity (Wildman–Crippen MR) is 64.1 cm³/mol. The van der Waals surface area contributed by atoms with Crippen LogP contribution < -0.4 is 5.32 Å². The summed E-state index contributed by atoms with van der Waals surface area (Å²) in [6, 6.07) is 7.54. The van der Waals surface area contributed by atoms with Crippen LogP contribution in [0.4, 0.5) is 0 Å². The third-order valence-corrected chi connectivity index (χ3v) is 2.82. The lowest BCUT2D eigenvalue weighted by molar-refractivity contribution is 0.370.